The third-order valence-electron chi connectivity index (χ3n) is 5.80. The molecule has 8 heteroatoms. The number of halogens is 2. The molecule has 2 heterocycles. The highest BCUT2D eigenvalue weighted by molar-refractivity contribution is 9.10. The van der Waals surface area contributed by atoms with Gasteiger partial charge in [0.05, 0.1) is 21.8 Å². The second-order valence-corrected chi connectivity index (χ2v) is 9.80. The number of hydrogen-bond donors (Lipinski definition) is 1. The molecule has 1 saturated heterocycles. The van der Waals surface area contributed by atoms with E-state index in [0.717, 1.165) is 26.7 Å². The first-order valence-corrected chi connectivity index (χ1v) is 12.2. The van der Waals surface area contributed by atoms with Crippen LogP contribution in [0.3, 0.4) is 0 Å². The molecule has 1 aliphatic rings. The number of rotatable bonds is 4. The van der Waals surface area contributed by atoms with Crippen LogP contribution in [0.4, 0.5) is 9.52 Å². The van der Waals surface area contributed by atoms with Crippen molar-refractivity contribution in [2.24, 2.45) is 0 Å². The average Bonchev–Trinajstić information content (AvgIpc) is 3.37. The Hall–Kier alpha value is -3.36. The van der Waals surface area contributed by atoms with Crippen LogP contribution in [0.25, 0.3) is 16.0 Å². The molecule has 5 rings (SSSR count). The van der Waals surface area contributed by atoms with Crippen LogP contribution in [-0.4, -0.2) is 21.8 Å². The van der Waals surface area contributed by atoms with Crippen molar-refractivity contribution in [2.75, 3.05) is 4.90 Å². The molecule has 0 unspecified atom stereocenters. The van der Waals surface area contributed by atoms with Crippen LogP contribution in [0.1, 0.15) is 29.7 Å². The molecular formula is C26H18BrFN2O3S. The summed E-state index contributed by atoms with van der Waals surface area (Å²) in [4.78, 5) is 32.5. The number of thiazole rings is 1. The lowest BCUT2D eigenvalue weighted by Gasteiger charge is -2.23. The smallest absolute Gasteiger partial charge is 0.301 e. The van der Waals surface area contributed by atoms with Gasteiger partial charge in [0, 0.05) is 10.0 Å². The molecule has 0 radical (unpaired) electrons. The number of Topliss-reactive ketones (excluding diaryl/α,β-unsaturated/α-hetero) is 1. The normalized spacial score (nSPS) is 17.6. The van der Waals surface area contributed by atoms with E-state index in [1.807, 2.05) is 18.2 Å². The largest absolute Gasteiger partial charge is 0.507 e. The molecule has 0 bridgehead atoms. The third kappa shape index (κ3) is 3.82. The number of fused-ring (bicyclic) bond motifs is 1. The highest BCUT2D eigenvalue weighted by atomic mass is 79.9. The van der Waals surface area contributed by atoms with Gasteiger partial charge in [0.25, 0.3) is 5.78 Å². The van der Waals surface area contributed by atoms with E-state index >= 15 is 0 Å². The SMILES string of the molecule is CCc1ccc2nc(N3C(=O)C(=O)/C(=C(/O)c4ccc(F)cc4)[C@@H]3c3ccc(Br)cc3)sc2c1. The van der Waals surface area contributed by atoms with Gasteiger partial charge in [-0.3, -0.25) is 14.5 Å². The Morgan fingerprint density at radius 3 is 2.47 bits per heavy atom. The second-order valence-electron chi connectivity index (χ2n) is 7.88. The van der Waals surface area contributed by atoms with Crippen LogP contribution in [0.15, 0.2) is 76.8 Å². The summed E-state index contributed by atoms with van der Waals surface area (Å²) in [6.45, 7) is 2.06. The zero-order valence-corrected chi connectivity index (χ0v) is 20.4. The van der Waals surface area contributed by atoms with E-state index in [2.05, 4.69) is 27.8 Å². The molecule has 1 atom stereocenters. The van der Waals surface area contributed by atoms with Crippen molar-refractivity contribution < 1.29 is 19.1 Å². The number of nitrogens with zero attached hydrogens (tertiary/aromatic N) is 2. The van der Waals surface area contributed by atoms with Gasteiger partial charge in [-0.2, -0.15) is 0 Å². The average molecular weight is 537 g/mol. The minimum atomic E-state index is -0.885. The van der Waals surface area contributed by atoms with E-state index in [4.69, 9.17) is 0 Å². The van der Waals surface area contributed by atoms with Crippen LogP contribution < -0.4 is 4.90 Å². The standard InChI is InChI=1S/C26H18BrFN2O3S/c1-2-14-3-12-19-20(13-14)34-26(29-19)30-22(15-4-8-17(27)9-5-15)21(24(32)25(30)33)23(31)16-6-10-18(28)11-7-16/h3-13,22,31H,2H2,1H3/b23-21+/t22-/m0/s1. The summed E-state index contributed by atoms with van der Waals surface area (Å²) in [6, 6.07) is 17.3. The van der Waals surface area contributed by atoms with E-state index in [-0.39, 0.29) is 16.9 Å². The van der Waals surface area contributed by atoms with Gasteiger partial charge in [0.2, 0.25) is 0 Å². The number of ketones is 1. The summed E-state index contributed by atoms with van der Waals surface area (Å²) in [6.07, 6.45) is 0.865. The Morgan fingerprint density at radius 2 is 1.79 bits per heavy atom. The molecule has 3 aromatic carbocycles. The fourth-order valence-electron chi connectivity index (χ4n) is 4.03. The molecule has 0 aliphatic carbocycles. The number of benzene rings is 3. The Morgan fingerprint density at radius 1 is 1.09 bits per heavy atom. The highest BCUT2D eigenvalue weighted by Gasteiger charge is 2.48. The molecule has 1 amide bonds. The molecule has 4 aromatic rings. The van der Waals surface area contributed by atoms with E-state index < -0.39 is 23.5 Å². The van der Waals surface area contributed by atoms with Crippen molar-refractivity contribution in [3.8, 4) is 0 Å². The molecule has 170 valence electrons. The molecule has 34 heavy (non-hydrogen) atoms. The van der Waals surface area contributed by atoms with Crippen LogP contribution in [0.2, 0.25) is 0 Å². The molecule has 1 aliphatic heterocycles. The van der Waals surface area contributed by atoms with Crippen molar-refractivity contribution in [3.05, 3.63) is 99.3 Å². The van der Waals surface area contributed by atoms with Crippen molar-refractivity contribution in [1.29, 1.82) is 0 Å². The van der Waals surface area contributed by atoms with Gasteiger partial charge < -0.3 is 5.11 Å². The van der Waals surface area contributed by atoms with E-state index in [9.17, 15) is 19.1 Å². The Kier molecular flexibility index (Phi) is 5.79. The Bertz CT molecular complexity index is 1460. The predicted molar refractivity (Wildman–Crippen MR) is 134 cm³/mol. The van der Waals surface area contributed by atoms with Crippen LogP contribution >= 0.6 is 27.3 Å². The number of aryl methyl sites for hydroxylation is 1. The van der Waals surface area contributed by atoms with Crippen molar-refractivity contribution >= 4 is 60.1 Å². The second kappa shape index (κ2) is 8.77. The first-order chi connectivity index (χ1) is 16.4. The zero-order valence-electron chi connectivity index (χ0n) is 18.0. The van der Waals surface area contributed by atoms with Gasteiger partial charge in [-0.05, 0) is 66.1 Å². The highest BCUT2D eigenvalue weighted by Crippen LogP contribution is 2.44. The minimum absolute atomic E-state index is 0.0626. The zero-order chi connectivity index (χ0) is 24.0. The van der Waals surface area contributed by atoms with Crippen molar-refractivity contribution in [1.82, 2.24) is 4.98 Å². The first-order valence-electron chi connectivity index (χ1n) is 10.6. The molecule has 1 fully saturated rings. The lowest BCUT2D eigenvalue weighted by atomic mass is 9.95. The molecule has 1 N–H and O–H groups in total. The number of hydrogen-bond acceptors (Lipinski definition) is 5. The number of amides is 1. The number of aliphatic hydroxyl groups is 1. The number of anilines is 1. The molecule has 5 nitrogen and oxygen atoms in total. The van der Waals surface area contributed by atoms with Gasteiger partial charge in [0.15, 0.2) is 5.13 Å². The maximum atomic E-state index is 13.4. The molecule has 1 aromatic heterocycles. The minimum Gasteiger partial charge on any atom is -0.507 e. The Labute approximate surface area is 207 Å². The van der Waals surface area contributed by atoms with Crippen molar-refractivity contribution in [3.63, 3.8) is 0 Å². The van der Waals surface area contributed by atoms with Crippen molar-refractivity contribution in [2.45, 2.75) is 19.4 Å². The maximum absolute atomic E-state index is 13.4. The van der Waals surface area contributed by atoms with Crippen LogP contribution in [-0.2, 0) is 16.0 Å². The number of aliphatic hydroxyl groups excluding tert-OH is 1. The monoisotopic (exact) mass is 536 g/mol. The van der Waals surface area contributed by atoms with Crippen LogP contribution in [0.5, 0.6) is 0 Å². The van der Waals surface area contributed by atoms with E-state index in [1.165, 1.54) is 40.5 Å². The Balaban J connectivity index is 1.71. The summed E-state index contributed by atoms with van der Waals surface area (Å²) >= 11 is 4.73. The first kappa shape index (κ1) is 22.4. The quantitative estimate of drug-likeness (QED) is 0.186. The maximum Gasteiger partial charge on any atom is 0.301 e. The summed E-state index contributed by atoms with van der Waals surface area (Å²) < 4.78 is 15.2. The summed E-state index contributed by atoms with van der Waals surface area (Å²) in [7, 11) is 0. The van der Waals surface area contributed by atoms with Gasteiger partial charge in [0.1, 0.15) is 11.6 Å². The van der Waals surface area contributed by atoms with Gasteiger partial charge in [-0.1, -0.05) is 52.4 Å². The summed E-state index contributed by atoms with van der Waals surface area (Å²) in [5.74, 6) is -2.42. The summed E-state index contributed by atoms with van der Waals surface area (Å²) in [5, 5.41) is 11.5. The number of carbonyl (C=O) groups excluding carboxylic acids is 2. The lowest BCUT2D eigenvalue weighted by Crippen LogP contribution is -2.29. The fourth-order valence-corrected chi connectivity index (χ4v) is 5.35. The number of aromatic nitrogens is 1. The van der Waals surface area contributed by atoms with E-state index in [1.54, 1.807) is 24.3 Å². The van der Waals surface area contributed by atoms with Gasteiger partial charge in [-0.15, -0.1) is 0 Å². The molecular weight excluding hydrogens is 519 g/mol. The van der Waals surface area contributed by atoms with Gasteiger partial charge >= 0.3 is 5.91 Å². The third-order valence-corrected chi connectivity index (χ3v) is 7.35. The summed E-state index contributed by atoms with van der Waals surface area (Å²) in [5.41, 5.74) is 2.70. The van der Waals surface area contributed by atoms with E-state index in [0.29, 0.717) is 10.7 Å². The molecule has 0 spiro atoms. The van der Waals surface area contributed by atoms with Gasteiger partial charge in [-0.25, -0.2) is 9.37 Å². The van der Waals surface area contributed by atoms with Crippen LogP contribution in [0, 0.1) is 5.82 Å². The fraction of sp³-hybridized carbons (Fsp3) is 0.115. The predicted octanol–water partition coefficient (Wildman–Crippen LogP) is 6.39. The molecule has 0 saturated carbocycles. The topological polar surface area (TPSA) is 70.5 Å². The number of carbonyl (C=O) groups is 2. The lowest BCUT2D eigenvalue weighted by molar-refractivity contribution is -0.132.